The Morgan fingerprint density at radius 3 is 1.93 bits per heavy atom. The van der Waals surface area contributed by atoms with Gasteiger partial charge in [0.15, 0.2) is 0 Å². The van der Waals surface area contributed by atoms with Gasteiger partial charge in [-0.2, -0.15) is 23.4 Å². The van der Waals surface area contributed by atoms with E-state index in [1.54, 1.807) is 25.1 Å². The Morgan fingerprint density at radius 2 is 1.43 bits per heavy atom. The summed E-state index contributed by atoms with van der Waals surface area (Å²) in [6.45, 7) is 8.00. The lowest BCUT2D eigenvalue weighted by Crippen LogP contribution is -2.48. The molecule has 0 bridgehead atoms. The Balaban J connectivity index is 0.00000171. The van der Waals surface area contributed by atoms with Crippen LogP contribution in [0.3, 0.4) is 0 Å². The third-order valence-corrected chi connectivity index (χ3v) is 6.44. The third-order valence-electron chi connectivity index (χ3n) is 4.86. The smallest absolute Gasteiger partial charge is 0.350 e. The largest absolute Gasteiger partial charge is 0.425 e. The van der Waals surface area contributed by atoms with Crippen LogP contribution < -0.4 is 20.3 Å². The fourth-order valence-corrected chi connectivity index (χ4v) is 4.79. The fourth-order valence-electron chi connectivity index (χ4n) is 3.43. The molecule has 1 aliphatic rings. The van der Waals surface area contributed by atoms with E-state index in [2.05, 4.69) is 30.3 Å². The van der Waals surface area contributed by atoms with Gasteiger partial charge in [-0.15, -0.1) is 12.6 Å². The minimum absolute atomic E-state index is 0.155. The van der Waals surface area contributed by atoms with Crippen LogP contribution >= 0.6 is 0 Å². The van der Waals surface area contributed by atoms with Crippen molar-refractivity contribution in [2.45, 2.75) is 70.4 Å². The highest BCUT2D eigenvalue weighted by Crippen LogP contribution is 2.24. The van der Waals surface area contributed by atoms with Gasteiger partial charge in [-0.3, -0.25) is 4.55 Å². The molecule has 228 valence electrons. The van der Waals surface area contributed by atoms with Gasteiger partial charge in [0.05, 0.1) is 11.2 Å². The zero-order chi connectivity index (χ0) is 31.1. The van der Waals surface area contributed by atoms with E-state index >= 15 is 0 Å². The highest BCUT2D eigenvalue weighted by Gasteiger charge is 2.28. The molecule has 1 saturated carbocycles. The van der Waals surface area contributed by atoms with Crippen molar-refractivity contribution in [3.63, 3.8) is 0 Å². The van der Waals surface area contributed by atoms with E-state index in [-0.39, 0.29) is 28.9 Å². The Morgan fingerprint density at radius 1 is 0.900 bits per heavy atom. The average Bonchev–Trinajstić information content (AvgIpc) is 2.86. The summed E-state index contributed by atoms with van der Waals surface area (Å²) in [7, 11) is -7.32. The Hall–Kier alpha value is -2.93. The van der Waals surface area contributed by atoms with Gasteiger partial charge in [0, 0.05) is 31.9 Å². The third kappa shape index (κ3) is 14.5. The molecule has 0 aliphatic heterocycles. The number of hydrogen-bond donors (Lipinski definition) is 4. The van der Waals surface area contributed by atoms with Gasteiger partial charge in [0.25, 0.3) is 10.1 Å². The summed E-state index contributed by atoms with van der Waals surface area (Å²) in [5.74, 6) is 0.755. The maximum atomic E-state index is 11.7. The lowest BCUT2D eigenvalue weighted by atomic mass is 9.91. The second-order valence-electron chi connectivity index (χ2n) is 8.04. The number of nitrogens with zero attached hydrogens (tertiary/aromatic N) is 4. The van der Waals surface area contributed by atoms with Crippen LogP contribution in [0.1, 0.15) is 53.4 Å². The topological polar surface area (TPSA) is 218 Å². The quantitative estimate of drug-likeness (QED) is 0.309. The normalized spacial score (nSPS) is 16.4. The first-order chi connectivity index (χ1) is 18.6. The molecule has 0 spiro atoms. The first-order valence-corrected chi connectivity index (χ1v) is 16.8. The van der Waals surface area contributed by atoms with Gasteiger partial charge in [0.2, 0.25) is 27.9 Å². The van der Waals surface area contributed by atoms with E-state index in [4.69, 9.17) is 12.6 Å². The summed E-state index contributed by atoms with van der Waals surface area (Å²) < 4.78 is 83.6. The van der Waals surface area contributed by atoms with Gasteiger partial charge in [-0.25, -0.2) is 13.1 Å². The molecule has 1 aromatic carbocycles. The van der Waals surface area contributed by atoms with Gasteiger partial charge >= 0.3 is 10.6 Å². The molecular formula is C22H39N7O8S3. The lowest BCUT2D eigenvalue weighted by Gasteiger charge is -2.32. The number of rotatable bonds is 8. The van der Waals surface area contributed by atoms with Crippen molar-refractivity contribution in [2.75, 3.05) is 35.9 Å². The van der Waals surface area contributed by atoms with Crippen LogP contribution in [0.15, 0.2) is 29.2 Å². The van der Waals surface area contributed by atoms with E-state index in [1.807, 2.05) is 27.7 Å². The molecule has 2 atom stereocenters. The number of nitrogens with one attached hydrogen (secondary N) is 3. The molecule has 1 aromatic heterocycles. The second kappa shape index (κ2) is 17.7. The molecule has 18 heteroatoms. The highest BCUT2D eigenvalue weighted by atomic mass is 32.2. The summed E-state index contributed by atoms with van der Waals surface area (Å²) in [4.78, 5) is 14.5. The molecular weight excluding hydrogens is 586 g/mol. The standard InChI is InChI=1S/C18H27N7O5S2.2C2H6.O3S/c1-25(2)18-22-16(19-12-7-6-8-13(11-12)32(28,29)30)21-17(23-18)20-14-9-4-5-10-15(14)24-31(3,26)27;2*1-2;1-4(2)3/h6-8,11,14-15,24H,4-5,9-10H2,1-3H3,(H,28,29,30)(H2,19,20,21,22,23);2*1-2H3;. The van der Waals surface area contributed by atoms with Crippen molar-refractivity contribution in [3.8, 4) is 0 Å². The van der Waals surface area contributed by atoms with Crippen LogP contribution in [-0.2, 0) is 30.8 Å². The van der Waals surface area contributed by atoms with Crippen LogP contribution in [0.2, 0.25) is 0 Å². The van der Waals surface area contributed by atoms with E-state index in [0.29, 0.717) is 18.1 Å². The highest BCUT2D eigenvalue weighted by molar-refractivity contribution is 7.88. The van der Waals surface area contributed by atoms with Gasteiger partial charge in [-0.1, -0.05) is 46.6 Å². The first kappa shape index (κ1) is 37.1. The maximum Gasteiger partial charge on any atom is 0.425 e. The number of anilines is 4. The van der Waals surface area contributed by atoms with Crippen molar-refractivity contribution >= 4 is 54.3 Å². The molecule has 40 heavy (non-hydrogen) atoms. The van der Waals surface area contributed by atoms with E-state index < -0.39 is 30.8 Å². The molecule has 2 aromatic rings. The molecule has 3 rings (SSSR count). The van der Waals surface area contributed by atoms with E-state index in [9.17, 15) is 21.4 Å². The predicted octanol–water partition coefficient (Wildman–Crippen LogP) is 2.25. The van der Waals surface area contributed by atoms with Crippen molar-refractivity contribution < 1.29 is 34.0 Å². The van der Waals surface area contributed by atoms with Crippen LogP contribution in [0, 0.1) is 0 Å². The van der Waals surface area contributed by atoms with Crippen molar-refractivity contribution in [1.29, 1.82) is 0 Å². The van der Waals surface area contributed by atoms with Crippen LogP contribution in [0.4, 0.5) is 23.5 Å². The average molecular weight is 626 g/mol. The number of sulfonamides is 1. The summed E-state index contributed by atoms with van der Waals surface area (Å²) in [5, 5.41) is 6.14. The zero-order valence-corrected chi connectivity index (χ0v) is 26.1. The monoisotopic (exact) mass is 625 g/mol. The fraction of sp³-hybridized carbons (Fsp3) is 0.591. The van der Waals surface area contributed by atoms with Gasteiger partial charge < -0.3 is 15.5 Å². The Bertz CT molecular complexity index is 1380. The van der Waals surface area contributed by atoms with Crippen LogP contribution in [0.5, 0.6) is 0 Å². The van der Waals surface area contributed by atoms with Crippen LogP contribution in [0.25, 0.3) is 0 Å². The van der Waals surface area contributed by atoms with Crippen LogP contribution in [-0.4, -0.2) is 81.4 Å². The van der Waals surface area contributed by atoms with Crippen molar-refractivity contribution in [1.82, 2.24) is 19.7 Å². The van der Waals surface area contributed by atoms with Gasteiger partial charge in [-0.05, 0) is 31.0 Å². The predicted molar refractivity (Wildman–Crippen MR) is 154 cm³/mol. The molecule has 1 fully saturated rings. The Kier molecular flexibility index (Phi) is 16.4. The zero-order valence-electron chi connectivity index (χ0n) is 23.6. The molecule has 2 unspecified atom stereocenters. The minimum Gasteiger partial charge on any atom is -0.350 e. The summed E-state index contributed by atoms with van der Waals surface area (Å²) in [6.07, 6.45) is 4.44. The molecule has 1 heterocycles. The minimum atomic E-state index is -4.36. The lowest BCUT2D eigenvalue weighted by molar-refractivity contribution is 0.378. The summed E-state index contributed by atoms with van der Waals surface area (Å²) >= 11 is 0. The number of aromatic nitrogens is 3. The van der Waals surface area contributed by atoms with Crippen molar-refractivity contribution in [2.24, 2.45) is 0 Å². The summed E-state index contributed by atoms with van der Waals surface area (Å²) in [6, 6.07) is 5.11. The number of benzene rings is 1. The summed E-state index contributed by atoms with van der Waals surface area (Å²) in [5.41, 5.74) is 0.358. The van der Waals surface area contributed by atoms with E-state index in [1.165, 1.54) is 18.2 Å². The number of hydrogen-bond acceptors (Lipinski definition) is 13. The molecule has 15 nitrogen and oxygen atoms in total. The van der Waals surface area contributed by atoms with Gasteiger partial charge in [0.1, 0.15) is 0 Å². The molecule has 0 radical (unpaired) electrons. The SMILES string of the molecule is CC.CC.CN(C)c1nc(Nc2cccc(S(=O)(=O)O)c2)nc(NC2CCCCC2NS(C)(=O)=O)n1.O=S(=O)=O. The van der Waals surface area contributed by atoms with Crippen molar-refractivity contribution in [3.05, 3.63) is 24.3 Å². The molecule has 4 N–H and O–H groups in total. The molecule has 0 amide bonds. The Labute approximate surface area is 238 Å². The van der Waals surface area contributed by atoms with E-state index in [0.717, 1.165) is 25.5 Å². The maximum absolute atomic E-state index is 11.7. The molecule has 1 aliphatic carbocycles. The molecule has 0 saturated heterocycles. The first-order valence-electron chi connectivity index (χ1n) is 12.4. The second-order valence-corrected chi connectivity index (χ2v) is 11.7.